The van der Waals surface area contributed by atoms with Gasteiger partial charge in [-0.15, -0.1) is 0 Å². The van der Waals surface area contributed by atoms with Gasteiger partial charge in [-0.3, -0.25) is 0 Å². The highest BCUT2D eigenvalue weighted by atomic mass is 19.1. The quantitative estimate of drug-likeness (QED) is 0.857. The van der Waals surface area contributed by atoms with Gasteiger partial charge in [-0.1, -0.05) is 0 Å². The highest BCUT2D eigenvalue weighted by molar-refractivity contribution is 5.35. The van der Waals surface area contributed by atoms with Gasteiger partial charge in [0, 0.05) is 12.0 Å². The molecular formula is C12H15FO3. The van der Waals surface area contributed by atoms with Crippen LogP contribution in [0.15, 0.2) is 18.2 Å². The van der Waals surface area contributed by atoms with Gasteiger partial charge in [0.2, 0.25) is 0 Å². The number of benzene rings is 1. The standard InChI is InChI=1S/C12H15FO3/c1-8(14)11-6-9(13)2-3-12(11)16-10-4-5-15-7-10/h2-3,6,8,10,14H,4-5,7H2,1H3/t8-,10?/m0/s1. The molecule has 88 valence electrons. The zero-order chi connectivity index (χ0) is 11.5. The van der Waals surface area contributed by atoms with E-state index in [0.29, 0.717) is 24.5 Å². The van der Waals surface area contributed by atoms with Gasteiger partial charge < -0.3 is 14.6 Å². The zero-order valence-corrected chi connectivity index (χ0v) is 9.15. The maximum Gasteiger partial charge on any atom is 0.125 e. The maximum atomic E-state index is 13.0. The molecule has 0 radical (unpaired) electrons. The highest BCUT2D eigenvalue weighted by Gasteiger charge is 2.19. The summed E-state index contributed by atoms with van der Waals surface area (Å²) in [7, 11) is 0. The summed E-state index contributed by atoms with van der Waals surface area (Å²) in [5.74, 6) is 0.165. The van der Waals surface area contributed by atoms with E-state index in [4.69, 9.17) is 9.47 Å². The minimum absolute atomic E-state index is 0.00274. The van der Waals surface area contributed by atoms with E-state index in [2.05, 4.69) is 0 Å². The lowest BCUT2D eigenvalue weighted by Crippen LogP contribution is -2.17. The van der Waals surface area contributed by atoms with Gasteiger partial charge in [0.25, 0.3) is 0 Å². The summed E-state index contributed by atoms with van der Waals surface area (Å²) in [6.45, 7) is 2.83. The molecule has 0 bridgehead atoms. The van der Waals surface area contributed by atoms with Crippen LogP contribution >= 0.6 is 0 Å². The van der Waals surface area contributed by atoms with E-state index in [-0.39, 0.29) is 11.9 Å². The molecule has 0 aromatic heterocycles. The Bertz CT molecular complexity index is 359. The summed E-state index contributed by atoms with van der Waals surface area (Å²) in [5.41, 5.74) is 0.479. The van der Waals surface area contributed by atoms with Gasteiger partial charge in [-0.25, -0.2) is 4.39 Å². The molecule has 4 heteroatoms. The molecule has 2 atom stereocenters. The van der Waals surface area contributed by atoms with Gasteiger partial charge in [0.15, 0.2) is 0 Å². The molecule has 0 amide bonds. The molecule has 1 aromatic rings. The monoisotopic (exact) mass is 226 g/mol. The van der Waals surface area contributed by atoms with Crippen molar-refractivity contribution in [3.63, 3.8) is 0 Å². The summed E-state index contributed by atoms with van der Waals surface area (Å²) >= 11 is 0. The van der Waals surface area contributed by atoms with Crippen molar-refractivity contribution >= 4 is 0 Å². The van der Waals surface area contributed by atoms with Crippen LogP contribution in [0.5, 0.6) is 5.75 Å². The Kier molecular flexibility index (Phi) is 3.41. The van der Waals surface area contributed by atoms with Crippen LogP contribution in [0.2, 0.25) is 0 Å². The Hall–Kier alpha value is -1.13. The molecule has 1 unspecified atom stereocenters. The van der Waals surface area contributed by atoms with Crippen molar-refractivity contribution in [2.45, 2.75) is 25.6 Å². The molecule has 1 aromatic carbocycles. The fourth-order valence-electron chi connectivity index (χ4n) is 1.74. The number of aliphatic hydroxyl groups excluding tert-OH is 1. The number of rotatable bonds is 3. The van der Waals surface area contributed by atoms with Gasteiger partial charge in [-0.2, -0.15) is 0 Å². The average molecular weight is 226 g/mol. The Morgan fingerprint density at radius 1 is 1.56 bits per heavy atom. The number of aliphatic hydroxyl groups is 1. The second kappa shape index (κ2) is 4.80. The molecule has 2 rings (SSSR count). The zero-order valence-electron chi connectivity index (χ0n) is 9.15. The summed E-state index contributed by atoms with van der Waals surface area (Å²) < 4.78 is 23.9. The summed E-state index contributed by atoms with van der Waals surface area (Å²) in [4.78, 5) is 0. The Labute approximate surface area is 93.8 Å². The third-order valence-corrected chi connectivity index (χ3v) is 2.60. The summed E-state index contributed by atoms with van der Waals surface area (Å²) in [6.07, 6.45) is 0.0902. The molecule has 0 aliphatic carbocycles. The van der Waals surface area contributed by atoms with E-state index in [9.17, 15) is 9.50 Å². The van der Waals surface area contributed by atoms with Crippen molar-refractivity contribution in [1.29, 1.82) is 0 Å². The van der Waals surface area contributed by atoms with E-state index in [1.165, 1.54) is 12.1 Å². The minimum Gasteiger partial charge on any atom is -0.488 e. The second-order valence-corrected chi connectivity index (χ2v) is 3.96. The van der Waals surface area contributed by atoms with E-state index in [0.717, 1.165) is 6.42 Å². The van der Waals surface area contributed by atoms with Crippen LogP contribution < -0.4 is 4.74 Å². The van der Waals surface area contributed by atoms with Crippen LogP contribution in [0.4, 0.5) is 4.39 Å². The molecule has 3 nitrogen and oxygen atoms in total. The Balaban J connectivity index is 2.18. The maximum absolute atomic E-state index is 13.0. The van der Waals surface area contributed by atoms with Crippen molar-refractivity contribution in [3.05, 3.63) is 29.6 Å². The van der Waals surface area contributed by atoms with Crippen molar-refractivity contribution in [3.8, 4) is 5.75 Å². The molecule has 1 saturated heterocycles. The first kappa shape index (κ1) is 11.4. The molecule has 1 fully saturated rings. The predicted molar refractivity (Wildman–Crippen MR) is 56.9 cm³/mol. The van der Waals surface area contributed by atoms with Crippen LogP contribution in [0.1, 0.15) is 25.0 Å². The summed E-state index contributed by atoms with van der Waals surface area (Å²) in [6, 6.07) is 4.18. The van der Waals surface area contributed by atoms with E-state index >= 15 is 0 Å². The molecular weight excluding hydrogens is 211 g/mol. The number of halogens is 1. The fraction of sp³-hybridized carbons (Fsp3) is 0.500. The average Bonchev–Trinajstić information content (AvgIpc) is 2.73. The normalized spacial score (nSPS) is 22.1. The van der Waals surface area contributed by atoms with Crippen LogP contribution in [0.25, 0.3) is 0 Å². The van der Waals surface area contributed by atoms with Crippen LogP contribution in [0, 0.1) is 5.82 Å². The Morgan fingerprint density at radius 3 is 3.00 bits per heavy atom. The first-order valence-electron chi connectivity index (χ1n) is 5.38. The SMILES string of the molecule is C[C@H](O)c1cc(F)ccc1OC1CCOC1. The fourth-order valence-corrected chi connectivity index (χ4v) is 1.74. The van der Waals surface area contributed by atoms with Gasteiger partial charge in [0.05, 0.1) is 19.3 Å². The molecule has 0 saturated carbocycles. The van der Waals surface area contributed by atoms with Gasteiger partial charge in [0.1, 0.15) is 17.7 Å². The van der Waals surface area contributed by atoms with Gasteiger partial charge >= 0.3 is 0 Å². The topological polar surface area (TPSA) is 38.7 Å². The largest absolute Gasteiger partial charge is 0.488 e. The summed E-state index contributed by atoms with van der Waals surface area (Å²) in [5, 5.41) is 9.52. The first-order valence-corrected chi connectivity index (χ1v) is 5.38. The number of hydrogen-bond donors (Lipinski definition) is 1. The third kappa shape index (κ3) is 2.51. The lowest BCUT2D eigenvalue weighted by molar-refractivity contribution is 0.135. The highest BCUT2D eigenvalue weighted by Crippen LogP contribution is 2.28. The third-order valence-electron chi connectivity index (χ3n) is 2.60. The van der Waals surface area contributed by atoms with E-state index in [1.54, 1.807) is 13.0 Å². The predicted octanol–water partition coefficient (Wildman–Crippen LogP) is 2.05. The molecule has 16 heavy (non-hydrogen) atoms. The number of ether oxygens (including phenoxy) is 2. The second-order valence-electron chi connectivity index (χ2n) is 3.96. The molecule has 1 aliphatic rings. The molecule has 1 aliphatic heterocycles. The van der Waals surface area contributed by atoms with Crippen molar-refractivity contribution in [2.75, 3.05) is 13.2 Å². The van der Waals surface area contributed by atoms with Crippen LogP contribution in [0.3, 0.4) is 0 Å². The molecule has 0 spiro atoms. The minimum atomic E-state index is -0.743. The van der Waals surface area contributed by atoms with Gasteiger partial charge in [-0.05, 0) is 25.1 Å². The lowest BCUT2D eigenvalue weighted by Gasteiger charge is -2.17. The van der Waals surface area contributed by atoms with E-state index in [1.807, 2.05) is 0 Å². The Morgan fingerprint density at radius 2 is 2.38 bits per heavy atom. The first-order chi connectivity index (χ1) is 7.66. The van der Waals surface area contributed by atoms with Crippen molar-refractivity contribution < 1.29 is 19.0 Å². The number of hydrogen-bond acceptors (Lipinski definition) is 3. The van der Waals surface area contributed by atoms with Crippen molar-refractivity contribution in [1.82, 2.24) is 0 Å². The van der Waals surface area contributed by atoms with Crippen LogP contribution in [-0.2, 0) is 4.74 Å². The molecule has 1 N–H and O–H groups in total. The van der Waals surface area contributed by atoms with Crippen molar-refractivity contribution in [2.24, 2.45) is 0 Å². The smallest absolute Gasteiger partial charge is 0.125 e. The van der Waals surface area contributed by atoms with Crippen LogP contribution in [-0.4, -0.2) is 24.4 Å². The van der Waals surface area contributed by atoms with E-state index < -0.39 is 6.10 Å². The molecule has 1 heterocycles. The lowest BCUT2D eigenvalue weighted by atomic mass is 10.1.